The highest BCUT2D eigenvalue weighted by molar-refractivity contribution is 5.82. The van der Waals surface area contributed by atoms with Gasteiger partial charge in [-0.05, 0) is 40.0 Å². The van der Waals surface area contributed by atoms with Crippen molar-refractivity contribution in [1.82, 2.24) is 0 Å². The first-order valence-corrected chi connectivity index (χ1v) is 7.89. The number of Topliss-reactive ketones (excluding diaryl/α,β-unsaturated/α-hetero) is 1. The van der Waals surface area contributed by atoms with Crippen LogP contribution in [0, 0.1) is 5.92 Å². The van der Waals surface area contributed by atoms with Crippen LogP contribution in [0.3, 0.4) is 0 Å². The van der Waals surface area contributed by atoms with Crippen LogP contribution in [0.2, 0.25) is 0 Å². The average molecular weight is 298 g/mol. The van der Waals surface area contributed by atoms with Crippen LogP contribution >= 0.6 is 0 Å². The maximum Gasteiger partial charge on any atom is 0.139 e. The highest BCUT2D eigenvalue weighted by Gasteiger charge is 2.32. The van der Waals surface area contributed by atoms with Crippen molar-refractivity contribution >= 4 is 5.78 Å². The van der Waals surface area contributed by atoms with Gasteiger partial charge in [-0.15, -0.1) is 0 Å². The minimum atomic E-state index is -0.283. The average Bonchev–Trinajstić information content (AvgIpc) is 2.45. The topological polar surface area (TPSA) is 55.8 Å². The number of allylic oxidation sites excluding steroid dienone is 2. The number of carbonyl (C=O) groups is 1. The summed E-state index contributed by atoms with van der Waals surface area (Å²) in [7, 11) is 0. The molecule has 1 fully saturated rings. The van der Waals surface area contributed by atoms with Gasteiger partial charge in [0.15, 0.2) is 0 Å². The van der Waals surface area contributed by atoms with Crippen LogP contribution in [0.5, 0.6) is 0 Å². The van der Waals surface area contributed by atoms with Crippen molar-refractivity contribution in [3.8, 4) is 0 Å². The fourth-order valence-electron chi connectivity index (χ4n) is 2.38. The van der Waals surface area contributed by atoms with Crippen molar-refractivity contribution in [2.45, 2.75) is 65.1 Å². The van der Waals surface area contributed by atoms with Crippen LogP contribution < -0.4 is 0 Å². The van der Waals surface area contributed by atoms with E-state index in [0.29, 0.717) is 25.4 Å². The summed E-state index contributed by atoms with van der Waals surface area (Å²) in [5, 5.41) is 9.01. The van der Waals surface area contributed by atoms with Crippen molar-refractivity contribution in [3.05, 3.63) is 11.6 Å². The Hall–Kier alpha value is -0.710. The molecule has 21 heavy (non-hydrogen) atoms. The second kappa shape index (κ2) is 8.66. The minimum absolute atomic E-state index is 0.00593. The van der Waals surface area contributed by atoms with Gasteiger partial charge in [-0.1, -0.05) is 18.6 Å². The van der Waals surface area contributed by atoms with Gasteiger partial charge in [-0.2, -0.15) is 0 Å². The Kier molecular flexibility index (Phi) is 7.57. The van der Waals surface area contributed by atoms with Gasteiger partial charge in [-0.25, -0.2) is 0 Å². The highest BCUT2D eigenvalue weighted by Crippen LogP contribution is 2.25. The van der Waals surface area contributed by atoms with Crippen LogP contribution in [0.15, 0.2) is 11.6 Å². The first kappa shape index (κ1) is 18.3. The SMILES string of the molecule is CC(C)=CCC(=O)[C@H](C)CCC[C@]1(C)CO[C@@H](CO)CO1. The lowest BCUT2D eigenvalue weighted by Crippen LogP contribution is -2.45. The highest BCUT2D eigenvalue weighted by atomic mass is 16.6. The quantitative estimate of drug-likeness (QED) is 0.700. The molecule has 0 spiro atoms. The zero-order chi connectivity index (χ0) is 15.9. The first-order chi connectivity index (χ1) is 9.86. The summed E-state index contributed by atoms with van der Waals surface area (Å²) in [4.78, 5) is 12.0. The molecule has 1 heterocycles. The predicted octanol–water partition coefficient (Wildman–Crippen LogP) is 2.88. The molecule has 4 nitrogen and oxygen atoms in total. The van der Waals surface area contributed by atoms with Gasteiger partial charge in [0.05, 0.1) is 25.4 Å². The largest absolute Gasteiger partial charge is 0.394 e. The Bertz CT molecular complexity index is 350. The Balaban J connectivity index is 2.26. The van der Waals surface area contributed by atoms with E-state index in [0.717, 1.165) is 19.3 Å². The molecule has 0 bridgehead atoms. The molecular weight excluding hydrogens is 268 g/mol. The molecule has 0 aromatic heterocycles. The summed E-state index contributed by atoms with van der Waals surface area (Å²) < 4.78 is 11.4. The number of ether oxygens (including phenoxy) is 2. The van der Waals surface area contributed by atoms with E-state index in [4.69, 9.17) is 14.6 Å². The summed E-state index contributed by atoms with van der Waals surface area (Å²) in [6.07, 6.45) is 5.06. The maximum atomic E-state index is 12.0. The summed E-state index contributed by atoms with van der Waals surface area (Å²) in [5.41, 5.74) is 0.906. The number of hydrogen-bond donors (Lipinski definition) is 1. The van der Waals surface area contributed by atoms with E-state index in [1.165, 1.54) is 5.57 Å². The second-order valence-electron chi connectivity index (χ2n) is 6.62. The van der Waals surface area contributed by atoms with E-state index < -0.39 is 0 Å². The number of aliphatic hydroxyl groups is 1. The number of carbonyl (C=O) groups excluding carboxylic acids is 1. The fraction of sp³-hybridized carbons (Fsp3) is 0.824. The second-order valence-corrected chi connectivity index (χ2v) is 6.62. The maximum absolute atomic E-state index is 12.0. The Morgan fingerprint density at radius 3 is 2.71 bits per heavy atom. The van der Waals surface area contributed by atoms with Crippen LogP contribution in [0.4, 0.5) is 0 Å². The molecule has 1 rings (SSSR count). The minimum Gasteiger partial charge on any atom is -0.394 e. The van der Waals surface area contributed by atoms with Gasteiger partial charge < -0.3 is 14.6 Å². The van der Waals surface area contributed by atoms with Gasteiger partial charge in [0.2, 0.25) is 0 Å². The molecule has 0 saturated carbocycles. The molecule has 0 aromatic carbocycles. The number of rotatable bonds is 8. The van der Waals surface area contributed by atoms with E-state index in [-0.39, 0.29) is 24.2 Å². The summed E-state index contributed by atoms with van der Waals surface area (Å²) >= 11 is 0. The van der Waals surface area contributed by atoms with Crippen molar-refractivity contribution in [2.75, 3.05) is 19.8 Å². The van der Waals surface area contributed by atoms with Crippen molar-refractivity contribution in [1.29, 1.82) is 0 Å². The molecule has 1 aliphatic rings. The molecule has 0 aromatic rings. The smallest absolute Gasteiger partial charge is 0.139 e. The molecule has 1 aliphatic heterocycles. The van der Waals surface area contributed by atoms with Gasteiger partial charge in [0, 0.05) is 12.3 Å². The van der Waals surface area contributed by atoms with Gasteiger partial charge in [0.25, 0.3) is 0 Å². The predicted molar refractivity (Wildman–Crippen MR) is 83.3 cm³/mol. The third kappa shape index (κ3) is 6.72. The molecule has 0 unspecified atom stereocenters. The standard InChI is InChI=1S/C17H30O4/c1-13(2)7-8-16(19)14(3)6-5-9-17(4)12-20-15(10-18)11-21-17/h7,14-15,18H,5-6,8-12H2,1-4H3/t14-,15+,17-/m1/s1. The molecule has 0 aliphatic carbocycles. The van der Waals surface area contributed by atoms with Gasteiger partial charge in [0.1, 0.15) is 11.9 Å². The van der Waals surface area contributed by atoms with Crippen LogP contribution in [-0.4, -0.2) is 42.4 Å². The van der Waals surface area contributed by atoms with E-state index >= 15 is 0 Å². The number of ketones is 1. The lowest BCUT2D eigenvalue weighted by Gasteiger charge is -2.37. The monoisotopic (exact) mass is 298 g/mol. The number of hydrogen-bond acceptors (Lipinski definition) is 4. The van der Waals surface area contributed by atoms with Crippen molar-refractivity contribution < 1.29 is 19.4 Å². The lowest BCUT2D eigenvalue weighted by molar-refractivity contribution is -0.193. The van der Waals surface area contributed by atoms with Gasteiger partial charge >= 0.3 is 0 Å². The third-order valence-electron chi connectivity index (χ3n) is 4.05. The summed E-state index contributed by atoms with van der Waals surface area (Å²) in [6.45, 7) is 9.03. The zero-order valence-electron chi connectivity index (χ0n) is 13.9. The van der Waals surface area contributed by atoms with Crippen LogP contribution in [0.1, 0.15) is 53.4 Å². The van der Waals surface area contributed by atoms with E-state index in [1.54, 1.807) is 0 Å². The zero-order valence-corrected chi connectivity index (χ0v) is 13.9. The molecular formula is C17H30O4. The van der Waals surface area contributed by atoms with E-state index in [2.05, 4.69) is 0 Å². The van der Waals surface area contributed by atoms with Gasteiger partial charge in [-0.3, -0.25) is 4.79 Å². The van der Waals surface area contributed by atoms with Crippen molar-refractivity contribution in [3.63, 3.8) is 0 Å². The Morgan fingerprint density at radius 1 is 1.48 bits per heavy atom. The lowest BCUT2D eigenvalue weighted by atomic mass is 9.92. The molecule has 4 heteroatoms. The Labute approximate surface area is 128 Å². The summed E-state index contributed by atoms with van der Waals surface area (Å²) in [6, 6.07) is 0. The molecule has 0 radical (unpaired) electrons. The number of aliphatic hydroxyl groups excluding tert-OH is 1. The fourth-order valence-corrected chi connectivity index (χ4v) is 2.38. The Morgan fingerprint density at radius 2 is 2.19 bits per heavy atom. The van der Waals surface area contributed by atoms with Crippen LogP contribution in [-0.2, 0) is 14.3 Å². The molecule has 122 valence electrons. The molecule has 1 N–H and O–H groups in total. The van der Waals surface area contributed by atoms with Crippen molar-refractivity contribution in [2.24, 2.45) is 5.92 Å². The van der Waals surface area contributed by atoms with E-state index in [9.17, 15) is 4.79 Å². The third-order valence-corrected chi connectivity index (χ3v) is 4.05. The van der Waals surface area contributed by atoms with Crippen LogP contribution in [0.25, 0.3) is 0 Å². The first-order valence-electron chi connectivity index (χ1n) is 7.89. The summed E-state index contributed by atoms with van der Waals surface area (Å²) in [5.74, 6) is 0.404. The normalized spacial score (nSPS) is 27.2. The molecule has 1 saturated heterocycles. The molecule has 0 amide bonds. The molecule has 3 atom stereocenters. The van der Waals surface area contributed by atoms with E-state index in [1.807, 2.05) is 33.8 Å².